The van der Waals surface area contributed by atoms with Crippen LogP contribution in [0.25, 0.3) is 0 Å². The van der Waals surface area contributed by atoms with Crippen molar-refractivity contribution in [3.05, 3.63) is 30.3 Å². The van der Waals surface area contributed by atoms with E-state index in [0.717, 1.165) is 57.9 Å². The van der Waals surface area contributed by atoms with Crippen LogP contribution < -0.4 is 15.4 Å². The average Bonchev–Trinajstić information content (AvgIpc) is 3.16. The van der Waals surface area contributed by atoms with Gasteiger partial charge in [0.25, 0.3) is 0 Å². The van der Waals surface area contributed by atoms with Crippen molar-refractivity contribution >= 4 is 18.3 Å². The van der Waals surface area contributed by atoms with Crippen LogP contribution in [-0.2, 0) is 4.79 Å². The van der Waals surface area contributed by atoms with Gasteiger partial charge in [-0.2, -0.15) is 0 Å². The number of para-hydroxylation sites is 1. The average molecular weight is 368 g/mol. The van der Waals surface area contributed by atoms with E-state index in [1.54, 1.807) is 0 Å². The van der Waals surface area contributed by atoms with Gasteiger partial charge in [0.15, 0.2) is 0 Å². The number of benzene rings is 1. The van der Waals surface area contributed by atoms with Crippen LogP contribution in [0.15, 0.2) is 30.3 Å². The molecular weight excluding hydrogens is 338 g/mol. The number of piperidine rings is 1. The molecular formula is C19H30ClN3O2. The molecule has 2 unspecified atom stereocenters. The van der Waals surface area contributed by atoms with Gasteiger partial charge in [0, 0.05) is 19.6 Å². The number of carbonyl (C=O) groups excluding carboxylic acids is 1. The fourth-order valence-corrected chi connectivity index (χ4v) is 3.61. The maximum Gasteiger partial charge on any atom is 0.237 e. The van der Waals surface area contributed by atoms with Gasteiger partial charge < -0.3 is 15.4 Å². The quantitative estimate of drug-likeness (QED) is 0.774. The summed E-state index contributed by atoms with van der Waals surface area (Å²) in [4.78, 5) is 14.5. The van der Waals surface area contributed by atoms with E-state index in [-0.39, 0.29) is 24.4 Å². The van der Waals surface area contributed by atoms with Crippen molar-refractivity contribution in [1.82, 2.24) is 15.5 Å². The summed E-state index contributed by atoms with van der Waals surface area (Å²) in [5, 5.41) is 6.39. The normalized spacial score (nSPS) is 23.7. The second-order valence-electron chi connectivity index (χ2n) is 6.86. The third-order valence-corrected chi connectivity index (χ3v) is 4.96. The fraction of sp³-hybridized carbons (Fsp3) is 0.632. The predicted octanol–water partition coefficient (Wildman–Crippen LogP) is 2.07. The lowest BCUT2D eigenvalue weighted by atomic mass is 9.98. The largest absolute Gasteiger partial charge is 0.492 e. The molecule has 1 aromatic rings. The van der Waals surface area contributed by atoms with E-state index in [2.05, 4.69) is 15.5 Å². The number of likely N-dealkylation sites (tertiary alicyclic amines) is 1. The van der Waals surface area contributed by atoms with E-state index in [4.69, 9.17) is 4.74 Å². The second kappa shape index (κ2) is 10.6. The summed E-state index contributed by atoms with van der Waals surface area (Å²) in [6.07, 6.45) is 4.48. The first-order valence-corrected chi connectivity index (χ1v) is 9.22. The minimum atomic E-state index is 0. The molecule has 0 aromatic heterocycles. The summed E-state index contributed by atoms with van der Waals surface area (Å²) in [6.45, 7) is 5.62. The van der Waals surface area contributed by atoms with Crippen LogP contribution in [0.1, 0.15) is 25.7 Å². The standard InChI is InChI=1S/C19H29N3O2.ClH/c23-19(18-9-4-10-20-18)21-14-16-6-5-11-22(15-16)12-13-24-17-7-2-1-3-8-17;/h1-3,7-8,16,18,20H,4-6,9-15H2,(H,21,23);1H. The molecule has 2 heterocycles. The van der Waals surface area contributed by atoms with Gasteiger partial charge in [-0.05, 0) is 56.8 Å². The van der Waals surface area contributed by atoms with Gasteiger partial charge in [0.1, 0.15) is 12.4 Å². The molecule has 0 radical (unpaired) electrons. The van der Waals surface area contributed by atoms with Crippen molar-refractivity contribution in [2.75, 3.05) is 39.3 Å². The van der Waals surface area contributed by atoms with Gasteiger partial charge in [-0.25, -0.2) is 0 Å². The van der Waals surface area contributed by atoms with E-state index >= 15 is 0 Å². The molecule has 6 heteroatoms. The van der Waals surface area contributed by atoms with Crippen LogP contribution in [0.2, 0.25) is 0 Å². The molecule has 0 bridgehead atoms. The Morgan fingerprint density at radius 3 is 2.84 bits per heavy atom. The minimum absolute atomic E-state index is 0. The highest BCUT2D eigenvalue weighted by Crippen LogP contribution is 2.16. The van der Waals surface area contributed by atoms with Crippen molar-refractivity contribution in [3.8, 4) is 5.75 Å². The number of rotatable bonds is 7. The number of carbonyl (C=O) groups is 1. The molecule has 1 aromatic carbocycles. The zero-order chi connectivity index (χ0) is 16.6. The van der Waals surface area contributed by atoms with Crippen LogP contribution in [0.5, 0.6) is 5.75 Å². The molecule has 3 rings (SSSR count). The maximum absolute atomic E-state index is 12.1. The molecule has 0 aliphatic carbocycles. The maximum atomic E-state index is 12.1. The zero-order valence-corrected chi connectivity index (χ0v) is 15.6. The zero-order valence-electron chi connectivity index (χ0n) is 14.8. The number of hydrogen-bond acceptors (Lipinski definition) is 4. The Kier molecular flexibility index (Phi) is 8.52. The van der Waals surface area contributed by atoms with Crippen molar-refractivity contribution < 1.29 is 9.53 Å². The van der Waals surface area contributed by atoms with Crippen molar-refractivity contribution in [3.63, 3.8) is 0 Å². The van der Waals surface area contributed by atoms with E-state index in [9.17, 15) is 4.79 Å². The lowest BCUT2D eigenvalue weighted by Gasteiger charge is -2.32. The minimum Gasteiger partial charge on any atom is -0.492 e. The topological polar surface area (TPSA) is 53.6 Å². The van der Waals surface area contributed by atoms with E-state index in [0.29, 0.717) is 5.92 Å². The molecule has 1 amide bonds. The summed E-state index contributed by atoms with van der Waals surface area (Å²) in [5.41, 5.74) is 0. The molecule has 2 aliphatic rings. The Hall–Kier alpha value is -1.30. The number of halogens is 1. The van der Waals surface area contributed by atoms with E-state index in [1.807, 2.05) is 30.3 Å². The first kappa shape index (κ1) is 20.0. The highest BCUT2D eigenvalue weighted by molar-refractivity contribution is 5.85. The summed E-state index contributed by atoms with van der Waals surface area (Å²) in [6, 6.07) is 10.0. The molecule has 0 spiro atoms. The van der Waals surface area contributed by atoms with Crippen LogP contribution in [-0.4, -0.2) is 56.2 Å². The molecule has 25 heavy (non-hydrogen) atoms. The predicted molar refractivity (Wildman–Crippen MR) is 102 cm³/mol. The van der Waals surface area contributed by atoms with E-state index in [1.165, 1.54) is 12.8 Å². The SMILES string of the molecule is Cl.O=C(NCC1CCCN(CCOc2ccccc2)C1)C1CCCN1. The highest BCUT2D eigenvalue weighted by atomic mass is 35.5. The third-order valence-electron chi connectivity index (χ3n) is 4.96. The molecule has 140 valence electrons. The molecule has 2 aliphatic heterocycles. The molecule has 5 nitrogen and oxygen atoms in total. The first-order chi connectivity index (χ1) is 11.8. The van der Waals surface area contributed by atoms with Crippen LogP contribution >= 0.6 is 12.4 Å². The number of nitrogens with zero attached hydrogens (tertiary/aromatic N) is 1. The Balaban J connectivity index is 0.00000225. The highest BCUT2D eigenvalue weighted by Gasteiger charge is 2.24. The molecule has 0 saturated carbocycles. The number of nitrogens with one attached hydrogen (secondary N) is 2. The summed E-state index contributed by atoms with van der Waals surface area (Å²) >= 11 is 0. The molecule has 2 fully saturated rings. The van der Waals surface area contributed by atoms with Crippen LogP contribution in [0, 0.1) is 5.92 Å². The summed E-state index contributed by atoms with van der Waals surface area (Å²) < 4.78 is 5.79. The van der Waals surface area contributed by atoms with Crippen LogP contribution in [0.4, 0.5) is 0 Å². The van der Waals surface area contributed by atoms with Gasteiger partial charge in [0.2, 0.25) is 5.91 Å². The fourth-order valence-electron chi connectivity index (χ4n) is 3.61. The number of amides is 1. The van der Waals surface area contributed by atoms with Crippen molar-refractivity contribution in [2.24, 2.45) is 5.92 Å². The Morgan fingerprint density at radius 2 is 2.08 bits per heavy atom. The monoisotopic (exact) mass is 367 g/mol. The summed E-state index contributed by atoms with van der Waals surface area (Å²) in [5.74, 6) is 1.67. The molecule has 2 N–H and O–H groups in total. The summed E-state index contributed by atoms with van der Waals surface area (Å²) in [7, 11) is 0. The van der Waals surface area contributed by atoms with Crippen LogP contribution in [0.3, 0.4) is 0 Å². The van der Waals surface area contributed by atoms with Gasteiger partial charge in [-0.1, -0.05) is 18.2 Å². The number of ether oxygens (including phenoxy) is 1. The van der Waals surface area contributed by atoms with Gasteiger partial charge in [-0.3, -0.25) is 9.69 Å². The van der Waals surface area contributed by atoms with Gasteiger partial charge in [-0.15, -0.1) is 12.4 Å². The van der Waals surface area contributed by atoms with Gasteiger partial charge in [0.05, 0.1) is 6.04 Å². The Bertz CT molecular complexity index is 509. The second-order valence-corrected chi connectivity index (χ2v) is 6.86. The third kappa shape index (κ3) is 6.49. The lowest BCUT2D eigenvalue weighted by molar-refractivity contribution is -0.123. The van der Waals surface area contributed by atoms with E-state index < -0.39 is 0 Å². The molecule has 2 atom stereocenters. The lowest BCUT2D eigenvalue weighted by Crippen LogP contribution is -2.46. The van der Waals surface area contributed by atoms with Crippen molar-refractivity contribution in [2.45, 2.75) is 31.7 Å². The Labute approximate surface area is 156 Å². The van der Waals surface area contributed by atoms with Crippen molar-refractivity contribution in [1.29, 1.82) is 0 Å². The Morgan fingerprint density at radius 1 is 1.24 bits per heavy atom. The first-order valence-electron chi connectivity index (χ1n) is 9.22. The molecule has 2 saturated heterocycles. The number of hydrogen-bond donors (Lipinski definition) is 2. The smallest absolute Gasteiger partial charge is 0.237 e. The van der Waals surface area contributed by atoms with Gasteiger partial charge >= 0.3 is 0 Å².